The first-order valence-corrected chi connectivity index (χ1v) is 5.98. The van der Waals surface area contributed by atoms with Crippen LogP contribution in [0.4, 0.5) is 17.5 Å². The van der Waals surface area contributed by atoms with Crippen LogP contribution < -0.4 is 10.2 Å². The molecule has 0 saturated carbocycles. The van der Waals surface area contributed by atoms with Crippen LogP contribution in [0.1, 0.15) is 13.8 Å². The molecule has 8 nitrogen and oxygen atoms in total. The molecule has 19 heavy (non-hydrogen) atoms. The molecule has 0 bridgehead atoms. The molecular formula is C11H19N5O3. The van der Waals surface area contributed by atoms with Gasteiger partial charge in [0.25, 0.3) is 0 Å². The number of hydrogen-bond acceptors (Lipinski definition) is 7. The largest absolute Gasteiger partial charge is 0.383 e. The maximum absolute atomic E-state index is 11.0. The third-order valence-electron chi connectivity index (χ3n) is 2.68. The zero-order valence-electron chi connectivity index (χ0n) is 11.6. The highest BCUT2D eigenvalue weighted by Crippen LogP contribution is 2.26. The summed E-state index contributed by atoms with van der Waals surface area (Å²) in [5, 5.41) is 14.0. The number of nitrogens with one attached hydrogen (secondary N) is 1. The van der Waals surface area contributed by atoms with Gasteiger partial charge in [-0.1, -0.05) is 0 Å². The van der Waals surface area contributed by atoms with Crippen LogP contribution in [-0.2, 0) is 4.74 Å². The molecule has 1 aromatic heterocycles. The second-order valence-electron chi connectivity index (χ2n) is 4.11. The van der Waals surface area contributed by atoms with Crippen molar-refractivity contribution in [2.75, 3.05) is 37.5 Å². The predicted molar refractivity (Wildman–Crippen MR) is 72.6 cm³/mol. The molecule has 0 saturated heterocycles. The van der Waals surface area contributed by atoms with Gasteiger partial charge in [0.2, 0.25) is 11.8 Å². The molecular weight excluding hydrogens is 250 g/mol. The van der Waals surface area contributed by atoms with Crippen LogP contribution in [0.25, 0.3) is 0 Å². The van der Waals surface area contributed by atoms with Gasteiger partial charge < -0.3 is 15.0 Å². The number of methoxy groups -OCH3 is 1. The Morgan fingerprint density at radius 2 is 2.32 bits per heavy atom. The third kappa shape index (κ3) is 3.75. The van der Waals surface area contributed by atoms with E-state index in [4.69, 9.17) is 4.74 Å². The van der Waals surface area contributed by atoms with E-state index in [2.05, 4.69) is 15.3 Å². The Morgan fingerprint density at radius 1 is 1.63 bits per heavy atom. The minimum Gasteiger partial charge on any atom is -0.383 e. The Morgan fingerprint density at radius 3 is 2.84 bits per heavy atom. The number of aromatic nitrogens is 2. The number of hydrogen-bond donors (Lipinski definition) is 1. The van der Waals surface area contributed by atoms with E-state index in [0.29, 0.717) is 19.1 Å². The molecule has 8 heteroatoms. The zero-order valence-corrected chi connectivity index (χ0v) is 11.6. The summed E-state index contributed by atoms with van der Waals surface area (Å²) in [7, 11) is 3.33. The quantitative estimate of drug-likeness (QED) is 0.588. The van der Waals surface area contributed by atoms with Crippen molar-refractivity contribution in [2.24, 2.45) is 0 Å². The Labute approximate surface area is 112 Å². The van der Waals surface area contributed by atoms with Gasteiger partial charge >= 0.3 is 5.69 Å². The average molecular weight is 269 g/mol. The topological polar surface area (TPSA) is 93.4 Å². The van der Waals surface area contributed by atoms with Crippen LogP contribution in [-0.4, -0.2) is 48.2 Å². The van der Waals surface area contributed by atoms with Gasteiger partial charge in [0, 0.05) is 20.7 Å². The predicted octanol–water partition coefficient (Wildman–Crippen LogP) is 1.29. The van der Waals surface area contributed by atoms with Crippen molar-refractivity contribution in [3.63, 3.8) is 0 Å². The Kier molecular flexibility index (Phi) is 5.43. The highest BCUT2D eigenvalue weighted by Gasteiger charge is 2.23. The van der Waals surface area contributed by atoms with Gasteiger partial charge in [0.1, 0.15) is 6.20 Å². The van der Waals surface area contributed by atoms with E-state index < -0.39 is 4.92 Å². The Bertz CT molecular complexity index is 440. The second kappa shape index (κ2) is 6.83. The molecule has 0 spiro atoms. The first kappa shape index (κ1) is 15.1. The fourth-order valence-electron chi connectivity index (χ4n) is 1.56. The monoisotopic (exact) mass is 269 g/mol. The van der Waals surface area contributed by atoms with Crippen molar-refractivity contribution in [2.45, 2.75) is 19.9 Å². The van der Waals surface area contributed by atoms with E-state index in [1.54, 1.807) is 19.1 Å². The highest BCUT2D eigenvalue weighted by atomic mass is 16.6. The maximum Gasteiger partial charge on any atom is 0.329 e. The number of likely N-dealkylation sites (N-methyl/N-ethyl adjacent to an activating group) is 1. The first-order chi connectivity index (χ1) is 9.01. The fourth-order valence-corrected chi connectivity index (χ4v) is 1.56. The number of nitro groups is 1. The Hall–Kier alpha value is -1.96. The standard InChI is InChI=1S/C11H19N5O3/c1-5-12-11-13-6-9(16(17)18)10(14-11)15(3)8(2)7-19-4/h6,8H,5,7H2,1-4H3,(H,12,13,14). The van der Waals surface area contributed by atoms with Crippen molar-refractivity contribution < 1.29 is 9.66 Å². The lowest BCUT2D eigenvalue weighted by molar-refractivity contribution is -0.384. The smallest absolute Gasteiger partial charge is 0.329 e. The van der Waals surface area contributed by atoms with Crippen molar-refractivity contribution in [1.29, 1.82) is 0 Å². The molecule has 1 heterocycles. The van der Waals surface area contributed by atoms with Gasteiger partial charge in [-0.25, -0.2) is 4.98 Å². The zero-order chi connectivity index (χ0) is 14.4. The summed E-state index contributed by atoms with van der Waals surface area (Å²) in [6.07, 6.45) is 1.22. The minimum absolute atomic E-state index is 0.0342. The lowest BCUT2D eigenvalue weighted by Crippen LogP contribution is -2.34. The summed E-state index contributed by atoms with van der Waals surface area (Å²) in [6.45, 7) is 4.91. The summed E-state index contributed by atoms with van der Waals surface area (Å²) in [5.74, 6) is 0.653. The number of ether oxygens (including phenoxy) is 1. The van der Waals surface area contributed by atoms with Gasteiger partial charge in [-0.3, -0.25) is 10.1 Å². The van der Waals surface area contributed by atoms with Crippen molar-refractivity contribution in [3.05, 3.63) is 16.3 Å². The molecule has 0 radical (unpaired) electrons. The Balaban J connectivity index is 3.12. The molecule has 0 aliphatic carbocycles. The van der Waals surface area contributed by atoms with Gasteiger partial charge in [-0.15, -0.1) is 0 Å². The van der Waals surface area contributed by atoms with Crippen molar-refractivity contribution in [1.82, 2.24) is 9.97 Å². The number of rotatable bonds is 7. The fraction of sp³-hybridized carbons (Fsp3) is 0.636. The SMILES string of the molecule is CCNc1ncc([N+](=O)[O-])c(N(C)C(C)COC)n1. The molecule has 0 aliphatic rings. The molecule has 1 aromatic rings. The molecule has 1 atom stereocenters. The third-order valence-corrected chi connectivity index (χ3v) is 2.68. The molecule has 0 amide bonds. The van der Waals surface area contributed by atoms with Gasteiger partial charge in [0.15, 0.2) is 0 Å². The summed E-state index contributed by atoms with van der Waals surface area (Å²) in [6, 6.07) is -0.0342. The van der Waals surface area contributed by atoms with E-state index in [0.717, 1.165) is 0 Å². The van der Waals surface area contributed by atoms with Crippen LogP contribution >= 0.6 is 0 Å². The second-order valence-corrected chi connectivity index (χ2v) is 4.11. The average Bonchev–Trinajstić information content (AvgIpc) is 2.38. The van der Waals surface area contributed by atoms with E-state index in [1.807, 2.05) is 13.8 Å². The molecule has 0 aromatic carbocycles. The number of nitrogens with zero attached hydrogens (tertiary/aromatic N) is 4. The highest BCUT2D eigenvalue weighted by molar-refractivity contribution is 5.59. The lowest BCUT2D eigenvalue weighted by atomic mass is 10.3. The summed E-state index contributed by atoms with van der Waals surface area (Å²) in [4.78, 5) is 20.4. The van der Waals surface area contributed by atoms with Gasteiger partial charge in [0.05, 0.1) is 17.6 Å². The van der Waals surface area contributed by atoms with Crippen molar-refractivity contribution >= 4 is 17.5 Å². The molecule has 1 N–H and O–H groups in total. The molecule has 0 aliphatic heterocycles. The van der Waals surface area contributed by atoms with Crippen LogP contribution in [0.15, 0.2) is 6.20 Å². The number of anilines is 2. The maximum atomic E-state index is 11.0. The van der Waals surface area contributed by atoms with Crippen LogP contribution in [0.2, 0.25) is 0 Å². The molecule has 1 unspecified atom stereocenters. The van der Waals surface area contributed by atoms with Crippen LogP contribution in [0.3, 0.4) is 0 Å². The lowest BCUT2D eigenvalue weighted by Gasteiger charge is -2.25. The van der Waals surface area contributed by atoms with Crippen LogP contribution in [0, 0.1) is 10.1 Å². The van der Waals surface area contributed by atoms with Crippen LogP contribution in [0.5, 0.6) is 0 Å². The summed E-state index contributed by atoms with van der Waals surface area (Å²) < 4.78 is 5.05. The van der Waals surface area contributed by atoms with E-state index in [1.165, 1.54) is 6.20 Å². The normalized spacial score (nSPS) is 12.0. The summed E-state index contributed by atoms with van der Waals surface area (Å²) in [5.41, 5.74) is -0.118. The summed E-state index contributed by atoms with van der Waals surface area (Å²) >= 11 is 0. The van der Waals surface area contributed by atoms with E-state index >= 15 is 0 Å². The van der Waals surface area contributed by atoms with E-state index in [-0.39, 0.29) is 17.5 Å². The molecule has 106 valence electrons. The van der Waals surface area contributed by atoms with Gasteiger partial charge in [-0.2, -0.15) is 4.98 Å². The first-order valence-electron chi connectivity index (χ1n) is 5.98. The molecule has 1 rings (SSSR count). The van der Waals surface area contributed by atoms with E-state index in [9.17, 15) is 10.1 Å². The van der Waals surface area contributed by atoms with Crippen molar-refractivity contribution in [3.8, 4) is 0 Å². The minimum atomic E-state index is -0.485. The van der Waals surface area contributed by atoms with Gasteiger partial charge in [-0.05, 0) is 13.8 Å². The molecule has 0 fully saturated rings.